The van der Waals surface area contributed by atoms with Gasteiger partial charge in [-0.3, -0.25) is 14.2 Å². The molecule has 0 radical (unpaired) electrons. The first-order valence-corrected chi connectivity index (χ1v) is 11.4. The highest BCUT2D eigenvalue weighted by molar-refractivity contribution is 7.99. The van der Waals surface area contributed by atoms with E-state index >= 15 is 0 Å². The molecule has 0 fully saturated rings. The second-order valence-electron chi connectivity index (χ2n) is 7.00. The molecule has 2 heterocycles. The lowest BCUT2D eigenvalue weighted by atomic mass is 10.1. The standard InChI is InChI=1S/C24H24N4O3S/c1-3-28-23(30)22-21(17(14-25-22)16-10-6-5-7-11-16)27-24(28)32-15-20(29)26-18-12-8-9-13-19(18)31-4-2/h5-14,25H,3-4,15H2,1-2H3,(H,26,29). The molecule has 4 aromatic rings. The maximum absolute atomic E-state index is 13.0. The van der Waals surface area contributed by atoms with Crippen molar-refractivity contribution in [1.82, 2.24) is 14.5 Å². The Labute approximate surface area is 189 Å². The summed E-state index contributed by atoms with van der Waals surface area (Å²) in [5.74, 6) is 0.540. The minimum absolute atomic E-state index is 0.115. The van der Waals surface area contributed by atoms with Crippen molar-refractivity contribution in [1.29, 1.82) is 0 Å². The Balaban J connectivity index is 1.60. The highest BCUT2D eigenvalue weighted by atomic mass is 32.2. The van der Waals surface area contributed by atoms with Gasteiger partial charge in [0.2, 0.25) is 5.91 Å². The fraction of sp³-hybridized carbons (Fsp3) is 0.208. The number of H-pyrrole nitrogens is 1. The van der Waals surface area contributed by atoms with E-state index < -0.39 is 0 Å². The van der Waals surface area contributed by atoms with Crippen molar-refractivity contribution in [2.24, 2.45) is 0 Å². The Bertz CT molecular complexity index is 1300. The SMILES string of the molecule is CCOc1ccccc1NC(=O)CSc1nc2c(-c3ccccc3)c[nH]c2c(=O)n1CC. The van der Waals surface area contributed by atoms with Gasteiger partial charge in [-0.1, -0.05) is 54.2 Å². The summed E-state index contributed by atoms with van der Waals surface area (Å²) in [6, 6.07) is 17.1. The van der Waals surface area contributed by atoms with Crippen LogP contribution in [0.2, 0.25) is 0 Å². The van der Waals surface area contributed by atoms with Crippen molar-refractivity contribution < 1.29 is 9.53 Å². The van der Waals surface area contributed by atoms with E-state index in [1.807, 2.05) is 62.4 Å². The number of amides is 1. The van der Waals surface area contributed by atoms with Gasteiger partial charge in [-0.15, -0.1) is 0 Å². The largest absolute Gasteiger partial charge is 0.492 e. The second kappa shape index (κ2) is 9.74. The van der Waals surface area contributed by atoms with E-state index in [9.17, 15) is 9.59 Å². The Morgan fingerprint density at radius 1 is 1.12 bits per heavy atom. The molecule has 0 saturated carbocycles. The highest BCUT2D eigenvalue weighted by Crippen LogP contribution is 2.28. The van der Waals surface area contributed by atoms with Gasteiger partial charge in [0.15, 0.2) is 5.16 Å². The molecule has 1 amide bonds. The topological polar surface area (TPSA) is 89.0 Å². The fourth-order valence-electron chi connectivity index (χ4n) is 3.47. The summed E-state index contributed by atoms with van der Waals surface area (Å²) < 4.78 is 7.15. The molecule has 0 bridgehead atoms. The van der Waals surface area contributed by atoms with Crippen LogP contribution in [0.4, 0.5) is 5.69 Å². The van der Waals surface area contributed by atoms with Gasteiger partial charge in [-0.25, -0.2) is 4.98 Å². The zero-order valence-electron chi connectivity index (χ0n) is 17.9. The molecule has 8 heteroatoms. The molecule has 0 aliphatic heterocycles. The number of aromatic amines is 1. The molecule has 0 aliphatic carbocycles. The average molecular weight is 449 g/mol. The number of carbonyl (C=O) groups is 1. The highest BCUT2D eigenvalue weighted by Gasteiger charge is 2.17. The molecule has 164 valence electrons. The summed E-state index contributed by atoms with van der Waals surface area (Å²) in [6.07, 6.45) is 1.81. The van der Waals surface area contributed by atoms with Gasteiger partial charge in [0.25, 0.3) is 5.56 Å². The first-order valence-electron chi connectivity index (χ1n) is 10.4. The Morgan fingerprint density at radius 3 is 2.62 bits per heavy atom. The van der Waals surface area contributed by atoms with Gasteiger partial charge in [0, 0.05) is 18.3 Å². The maximum Gasteiger partial charge on any atom is 0.278 e. The molecule has 32 heavy (non-hydrogen) atoms. The molecule has 2 N–H and O–H groups in total. The molecule has 0 aliphatic rings. The third kappa shape index (κ3) is 4.40. The molecule has 2 aromatic heterocycles. The van der Waals surface area contributed by atoms with Crippen molar-refractivity contribution in [3.8, 4) is 16.9 Å². The van der Waals surface area contributed by atoms with Crippen molar-refractivity contribution in [3.05, 3.63) is 71.1 Å². The van der Waals surface area contributed by atoms with Crippen LogP contribution in [-0.2, 0) is 11.3 Å². The molecule has 2 aromatic carbocycles. The smallest absolute Gasteiger partial charge is 0.278 e. The summed E-state index contributed by atoms with van der Waals surface area (Å²) in [6.45, 7) is 4.75. The van der Waals surface area contributed by atoms with Gasteiger partial charge in [0.05, 0.1) is 18.0 Å². The number of hydrogen-bond acceptors (Lipinski definition) is 5. The van der Waals surface area contributed by atoms with Gasteiger partial charge >= 0.3 is 0 Å². The van der Waals surface area contributed by atoms with Crippen LogP contribution in [0.3, 0.4) is 0 Å². The van der Waals surface area contributed by atoms with Crippen LogP contribution in [0.15, 0.2) is 70.7 Å². The normalized spacial score (nSPS) is 10.9. The zero-order chi connectivity index (χ0) is 22.5. The van der Waals surface area contributed by atoms with E-state index in [1.165, 1.54) is 11.8 Å². The third-order valence-corrected chi connectivity index (χ3v) is 5.92. The predicted octanol–water partition coefficient (Wildman–Crippen LogP) is 4.54. The molecular weight excluding hydrogens is 424 g/mol. The van der Waals surface area contributed by atoms with E-state index in [2.05, 4.69) is 10.3 Å². The van der Waals surface area contributed by atoms with Crippen LogP contribution in [0.5, 0.6) is 5.75 Å². The minimum Gasteiger partial charge on any atom is -0.492 e. The van der Waals surface area contributed by atoms with Gasteiger partial charge in [0.1, 0.15) is 16.8 Å². The summed E-state index contributed by atoms with van der Waals surface area (Å²) in [5.41, 5.74) is 3.37. The Hall–Kier alpha value is -3.52. The van der Waals surface area contributed by atoms with Crippen LogP contribution in [0.1, 0.15) is 13.8 Å². The van der Waals surface area contributed by atoms with E-state index in [0.29, 0.717) is 40.8 Å². The molecule has 7 nitrogen and oxygen atoms in total. The van der Waals surface area contributed by atoms with Crippen LogP contribution >= 0.6 is 11.8 Å². The van der Waals surface area contributed by atoms with Gasteiger partial charge in [-0.05, 0) is 31.5 Å². The number of carbonyl (C=O) groups excluding carboxylic acids is 1. The number of nitrogens with one attached hydrogen (secondary N) is 2. The summed E-state index contributed by atoms with van der Waals surface area (Å²) in [7, 11) is 0. The third-order valence-electron chi connectivity index (χ3n) is 4.94. The maximum atomic E-state index is 13.0. The van der Waals surface area contributed by atoms with E-state index in [0.717, 1.165) is 11.1 Å². The minimum atomic E-state index is -0.198. The number of aromatic nitrogens is 3. The van der Waals surface area contributed by atoms with Gasteiger partial charge < -0.3 is 15.0 Å². The number of anilines is 1. The predicted molar refractivity (Wildman–Crippen MR) is 128 cm³/mol. The zero-order valence-corrected chi connectivity index (χ0v) is 18.7. The second-order valence-corrected chi connectivity index (χ2v) is 7.94. The number of para-hydroxylation sites is 2. The van der Waals surface area contributed by atoms with E-state index in [1.54, 1.807) is 16.8 Å². The molecule has 0 saturated heterocycles. The van der Waals surface area contributed by atoms with Crippen molar-refractivity contribution >= 4 is 34.4 Å². The van der Waals surface area contributed by atoms with Crippen LogP contribution in [0, 0.1) is 0 Å². The Morgan fingerprint density at radius 2 is 1.88 bits per heavy atom. The monoisotopic (exact) mass is 448 g/mol. The van der Waals surface area contributed by atoms with Crippen molar-refractivity contribution in [2.45, 2.75) is 25.5 Å². The summed E-state index contributed by atoms with van der Waals surface area (Å²) >= 11 is 1.24. The lowest BCUT2D eigenvalue weighted by Gasteiger charge is -2.12. The first-order chi connectivity index (χ1) is 15.6. The van der Waals surface area contributed by atoms with Crippen LogP contribution in [0.25, 0.3) is 22.2 Å². The number of ether oxygens (including phenoxy) is 1. The number of benzene rings is 2. The number of fused-ring (bicyclic) bond motifs is 1. The average Bonchev–Trinajstić information content (AvgIpc) is 3.24. The number of thioether (sulfide) groups is 1. The van der Waals surface area contributed by atoms with Crippen molar-refractivity contribution in [3.63, 3.8) is 0 Å². The van der Waals surface area contributed by atoms with Crippen LogP contribution in [-0.4, -0.2) is 32.8 Å². The molecule has 0 atom stereocenters. The molecule has 4 rings (SSSR count). The summed E-state index contributed by atoms with van der Waals surface area (Å²) in [4.78, 5) is 33.5. The van der Waals surface area contributed by atoms with E-state index in [4.69, 9.17) is 9.72 Å². The lowest BCUT2D eigenvalue weighted by molar-refractivity contribution is -0.113. The first kappa shape index (κ1) is 21.7. The number of rotatable bonds is 8. The lowest BCUT2D eigenvalue weighted by Crippen LogP contribution is -2.23. The molecule has 0 spiro atoms. The number of hydrogen-bond donors (Lipinski definition) is 2. The van der Waals surface area contributed by atoms with Crippen molar-refractivity contribution in [2.75, 3.05) is 17.7 Å². The Kier molecular flexibility index (Phi) is 6.61. The fourth-order valence-corrected chi connectivity index (χ4v) is 4.32. The summed E-state index contributed by atoms with van der Waals surface area (Å²) in [5, 5.41) is 3.39. The molecular formula is C24H24N4O3S. The molecule has 0 unspecified atom stereocenters. The van der Waals surface area contributed by atoms with Gasteiger partial charge in [-0.2, -0.15) is 0 Å². The van der Waals surface area contributed by atoms with E-state index in [-0.39, 0.29) is 17.2 Å². The van der Waals surface area contributed by atoms with Crippen LogP contribution < -0.4 is 15.6 Å². The quantitative estimate of drug-likeness (QED) is 0.305. The number of nitrogens with zero attached hydrogens (tertiary/aromatic N) is 2.